The fraction of sp³-hybridized carbons (Fsp3) is 0.500. The van der Waals surface area contributed by atoms with E-state index in [4.69, 9.17) is 5.73 Å². The van der Waals surface area contributed by atoms with Crippen LogP contribution < -0.4 is 5.73 Å². The van der Waals surface area contributed by atoms with E-state index in [1.165, 1.54) is 6.07 Å². The van der Waals surface area contributed by atoms with Gasteiger partial charge in [-0.1, -0.05) is 18.9 Å². The maximum Gasteiger partial charge on any atom is 0.194 e. The summed E-state index contributed by atoms with van der Waals surface area (Å²) < 4.78 is 39.2. The van der Waals surface area contributed by atoms with Crippen molar-refractivity contribution in [3.63, 3.8) is 0 Å². The Morgan fingerprint density at radius 2 is 1.69 bits per heavy atom. The highest BCUT2D eigenvalue weighted by Crippen LogP contribution is 2.35. The average Bonchev–Trinajstić information content (AvgIpc) is 2.79. The van der Waals surface area contributed by atoms with Crippen molar-refractivity contribution in [1.29, 1.82) is 0 Å². The third-order valence-electron chi connectivity index (χ3n) is 3.33. The quantitative estimate of drug-likeness (QED) is 0.774. The van der Waals surface area contributed by atoms with E-state index in [-0.39, 0.29) is 11.5 Å². The number of hydrogen-bond acceptors (Lipinski definition) is 1. The first-order chi connectivity index (χ1) is 7.61. The predicted molar refractivity (Wildman–Crippen MR) is 55.2 cm³/mol. The molecule has 0 aromatic heterocycles. The third-order valence-corrected chi connectivity index (χ3v) is 3.33. The second kappa shape index (κ2) is 4.45. The summed E-state index contributed by atoms with van der Waals surface area (Å²) in [5.74, 6) is -3.55. The molecule has 1 aromatic rings. The number of benzene rings is 1. The van der Waals surface area contributed by atoms with E-state index < -0.39 is 23.5 Å². The fourth-order valence-electron chi connectivity index (χ4n) is 2.37. The van der Waals surface area contributed by atoms with Crippen molar-refractivity contribution in [3.05, 3.63) is 35.1 Å². The molecule has 0 radical (unpaired) electrons. The zero-order valence-corrected chi connectivity index (χ0v) is 8.85. The molecule has 16 heavy (non-hydrogen) atoms. The van der Waals surface area contributed by atoms with Crippen LogP contribution >= 0.6 is 0 Å². The minimum atomic E-state index is -1.43. The lowest BCUT2D eigenvalue weighted by Gasteiger charge is -2.19. The number of halogens is 3. The maximum absolute atomic E-state index is 13.5. The lowest BCUT2D eigenvalue weighted by molar-refractivity contribution is 0.399. The van der Waals surface area contributed by atoms with Crippen molar-refractivity contribution in [2.45, 2.75) is 31.7 Å². The largest absolute Gasteiger partial charge is 0.324 e. The van der Waals surface area contributed by atoms with E-state index in [0.717, 1.165) is 31.7 Å². The Morgan fingerprint density at radius 3 is 2.31 bits per heavy atom. The molecular formula is C12H14F3N. The molecule has 0 heterocycles. The topological polar surface area (TPSA) is 26.0 Å². The van der Waals surface area contributed by atoms with Gasteiger partial charge >= 0.3 is 0 Å². The van der Waals surface area contributed by atoms with Gasteiger partial charge in [0.1, 0.15) is 0 Å². The van der Waals surface area contributed by atoms with Crippen LogP contribution in [0.2, 0.25) is 0 Å². The van der Waals surface area contributed by atoms with Crippen LogP contribution in [0.3, 0.4) is 0 Å². The van der Waals surface area contributed by atoms with Crippen LogP contribution in [0.25, 0.3) is 0 Å². The van der Waals surface area contributed by atoms with Gasteiger partial charge in [0.05, 0.1) is 0 Å². The zero-order valence-electron chi connectivity index (χ0n) is 8.85. The second-order valence-electron chi connectivity index (χ2n) is 4.33. The van der Waals surface area contributed by atoms with Gasteiger partial charge in [0.2, 0.25) is 0 Å². The molecule has 0 saturated heterocycles. The smallest absolute Gasteiger partial charge is 0.194 e. The molecule has 1 aliphatic carbocycles. The standard InChI is InChI=1S/C12H14F3N/c13-9-6-5-8(10(14)11(9)15)12(16)7-3-1-2-4-7/h5-7,12H,1-4,16H2/t12-/m0/s1. The molecular weight excluding hydrogens is 215 g/mol. The normalized spacial score (nSPS) is 19.0. The molecule has 0 bridgehead atoms. The molecule has 1 aromatic carbocycles. The van der Waals surface area contributed by atoms with E-state index >= 15 is 0 Å². The lowest BCUT2D eigenvalue weighted by Crippen LogP contribution is -2.21. The Balaban J connectivity index is 2.29. The van der Waals surface area contributed by atoms with Gasteiger partial charge in [-0.15, -0.1) is 0 Å². The Morgan fingerprint density at radius 1 is 1.06 bits per heavy atom. The Bertz CT molecular complexity index is 386. The lowest BCUT2D eigenvalue weighted by atomic mass is 9.92. The molecule has 0 aliphatic heterocycles. The van der Waals surface area contributed by atoms with Crippen LogP contribution in [0.5, 0.6) is 0 Å². The number of hydrogen-bond donors (Lipinski definition) is 1. The molecule has 0 unspecified atom stereocenters. The summed E-state index contributed by atoms with van der Waals surface area (Å²) in [5, 5.41) is 0. The van der Waals surface area contributed by atoms with Gasteiger partial charge in [-0.2, -0.15) is 0 Å². The van der Waals surface area contributed by atoms with Crippen LogP contribution in [0.4, 0.5) is 13.2 Å². The van der Waals surface area contributed by atoms with Crippen LogP contribution in [-0.2, 0) is 0 Å². The van der Waals surface area contributed by atoms with Gasteiger partial charge in [-0.25, -0.2) is 13.2 Å². The Hall–Kier alpha value is -1.03. The highest BCUT2D eigenvalue weighted by molar-refractivity contribution is 5.24. The van der Waals surface area contributed by atoms with Gasteiger partial charge < -0.3 is 5.73 Å². The Labute approximate surface area is 92.5 Å². The monoisotopic (exact) mass is 229 g/mol. The first-order valence-electron chi connectivity index (χ1n) is 5.50. The first kappa shape index (κ1) is 11.5. The third kappa shape index (κ3) is 1.94. The maximum atomic E-state index is 13.5. The van der Waals surface area contributed by atoms with Gasteiger partial charge in [-0.3, -0.25) is 0 Å². The molecule has 1 fully saturated rings. The minimum Gasteiger partial charge on any atom is -0.324 e. The van der Waals surface area contributed by atoms with Crippen molar-refractivity contribution in [3.8, 4) is 0 Å². The molecule has 1 atom stereocenters. The van der Waals surface area contributed by atoms with Crippen LogP contribution in [0.15, 0.2) is 12.1 Å². The Kier molecular flexibility index (Phi) is 3.19. The minimum absolute atomic E-state index is 0.0887. The van der Waals surface area contributed by atoms with Gasteiger partial charge in [0, 0.05) is 11.6 Å². The van der Waals surface area contributed by atoms with Crippen molar-refractivity contribution in [2.75, 3.05) is 0 Å². The van der Waals surface area contributed by atoms with E-state index in [2.05, 4.69) is 0 Å². The van der Waals surface area contributed by atoms with Crippen LogP contribution in [0, 0.1) is 23.4 Å². The van der Waals surface area contributed by atoms with Gasteiger partial charge in [0.25, 0.3) is 0 Å². The molecule has 2 rings (SSSR count). The summed E-state index contributed by atoms with van der Waals surface area (Å²) in [6.07, 6.45) is 4.01. The van der Waals surface area contributed by atoms with Crippen molar-refractivity contribution < 1.29 is 13.2 Å². The average molecular weight is 229 g/mol. The summed E-state index contributed by atoms with van der Waals surface area (Å²) in [5.41, 5.74) is 5.98. The molecule has 1 nitrogen and oxygen atoms in total. The van der Waals surface area contributed by atoms with Crippen molar-refractivity contribution in [1.82, 2.24) is 0 Å². The molecule has 1 aliphatic rings. The summed E-state index contributed by atoms with van der Waals surface area (Å²) in [6.45, 7) is 0. The van der Waals surface area contributed by atoms with Gasteiger partial charge in [0.15, 0.2) is 17.5 Å². The van der Waals surface area contributed by atoms with E-state index in [1.807, 2.05) is 0 Å². The molecule has 0 amide bonds. The first-order valence-corrected chi connectivity index (χ1v) is 5.50. The second-order valence-corrected chi connectivity index (χ2v) is 4.33. The molecule has 88 valence electrons. The molecule has 1 saturated carbocycles. The SMILES string of the molecule is N[C@H](c1ccc(F)c(F)c1F)C1CCCC1. The fourth-order valence-corrected chi connectivity index (χ4v) is 2.37. The van der Waals surface area contributed by atoms with E-state index in [0.29, 0.717) is 0 Å². The zero-order chi connectivity index (χ0) is 11.7. The number of nitrogens with two attached hydrogens (primary N) is 1. The predicted octanol–water partition coefficient (Wildman–Crippen LogP) is 3.29. The molecule has 0 spiro atoms. The highest BCUT2D eigenvalue weighted by atomic mass is 19.2. The van der Waals surface area contributed by atoms with Crippen LogP contribution in [0.1, 0.15) is 37.3 Å². The van der Waals surface area contributed by atoms with Crippen molar-refractivity contribution in [2.24, 2.45) is 11.7 Å². The summed E-state index contributed by atoms with van der Waals surface area (Å²) in [6, 6.07) is 1.65. The highest BCUT2D eigenvalue weighted by Gasteiger charge is 2.27. The summed E-state index contributed by atoms with van der Waals surface area (Å²) in [4.78, 5) is 0. The molecule has 4 heteroatoms. The van der Waals surface area contributed by atoms with Gasteiger partial charge in [-0.05, 0) is 24.8 Å². The van der Waals surface area contributed by atoms with E-state index in [9.17, 15) is 13.2 Å². The van der Waals surface area contributed by atoms with Crippen LogP contribution in [-0.4, -0.2) is 0 Å². The summed E-state index contributed by atoms with van der Waals surface area (Å²) in [7, 11) is 0. The number of rotatable bonds is 2. The summed E-state index contributed by atoms with van der Waals surface area (Å²) >= 11 is 0. The van der Waals surface area contributed by atoms with Crippen molar-refractivity contribution >= 4 is 0 Å². The van der Waals surface area contributed by atoms with E-state index in [1.54, 1.807) is 0 Å². The molecule has 2 N–H and O–H groups in total.